The van der Waals surface area contributed by atoms with E-state index in [9.17, 15) is 14.4 Å². The number of thiophene rings is 1. The minimum absolute atomic E-state index is 0.282. The van der Waals surface area contributed by atoms with Gasteiger partial charge in [-0.3, -0.25) is 4.79 Å². The Kier molecular flexibility index (Phi) is 5.62. The number of carbonyl (C=O) groups excluding carboxylic acids is 1. The molecule has 0 bridgehead atoms. The van der Waals surface area contributed by atoms with Crippen LogP contribution in [0, 0.1) is 17.1 Å². The van der Waals surface area contributed by atoms with E-state index in [0.717, 1.165) is 36.8 Å². The fraction of sp³-hybridized carbons (Fsp3) is 0.300. The molecule has 0 saturated carbocycles. The number of nitrogens with zero attached hydrogens (tertiary/aromatic N) is 1. The molecule has 128 valence electrons. The number of hydrogen-bond donors (Lipinski definition) is 1. The molecule has 5 heteroatoms. The molecular weight excluding hydrogens is 335 g/mol. The second-order valence-corrected chi connectivity index (χ2v) is 7.21. The maximum absolute atomic E-state index is 12.9. The number of benzene rings is 1. The first-order valence-corrected chi connectivity index (χ1v) is 9.28. The molecular formula is C20H19FN2OS. The van der Waals surface area contributed by atoms with Crippen LogP contribution in [0.1, 0.15) is 47.3 Å². The number of carbonyl (C=O) groups is 1. The highest BCUT2D eigenvalue weighted by atomic mass is 32.1. The Morgan fingerprint density at radius 1 is 1.16 bits per heavy atom. The summed E-state index contributed by atoms with van der Waals surface area (Å²) in [4.78, 5) is 13.4. The van der Waals surface area contributed by atoms with Crippen LogP contribution in [-0.4, -0.2) is 5.91 Å². The topological polar surface area (TPSA) is 52.9 Å². The van der Waals surface area contributed by atoms with Gasteiger partial charge in [0.1, 0.15) is 16.9 Å². The lowest BCUT2D eigenvalue weighted by Crippen LogP contribution is -2.07. The SMILES string of the molecule is N#Cc1c(NC(=O)/C=C/c2ccc(F)cc2)sc2c1CCCCCC2. The Bertz CT molecular complexity index is 831. The van der Waals surface area contributed by atoms with Crippen molar-refractivity contribution in [2.45, 2.75) is 38.5 Å². The standard InChI is InChI=1S/C20H19FN2OS/c21-15-10-7-14(8-11-15)9-12-19(24)23-20-17(13-22)16-5-3-1-2-4-6-18(16)25-20/h7-12H,1-6H2,(H,23,24)/b12-9+. The largest absolute Gasteiger partial charge is 0.313 e. The van der Waals surface area contributed by atoms with Gasteiger partial charge in [0.25, 0.3) is 0 Å². The van der Waals surface area contributed by atoms with Gasteiger partial charge >= 0.3 is 0 Å². The van der Waals surface area contributed by atoms with Crippen molar-refractivity contribution in [2.75, 3.05) is 5.32 Å². The van der Waals surface area contributed by atoms with Gasteiger partial charge in [-0.25, -0.2) is 4.39 Å². The number of anilines is 1. The summed E-state index contributed by atoms with van der Waals surface area (Å²) in [5, 5.41) is 13.0. The molecule has 1 N–H and O–H groups in total. The number of halogens is 1. The minimum Gasteiger partial charge on any atom is -0.313 e. The van der Waals surface area contributed by atoms with Crippen LogP contribution in [0.25, 0.3) is 6.08 Å². The number of hydrogen-bond acceptors (Lipinski definition) is 3. The maximum Gasteiger partial charge on any atom is 0.249 e. The van der Waals surface area contributed by atoms with E-state index in [1.807, 2.05) is 0 Å². The zero-order valence-electron chi connectivity index (χ0n) is 13.8. The molecule has 1 heterocycles. The van der Waals surface area contributed by atoms with E-state index in [1.165, 1.54) is 47.3 Å². The van der Waals surface area contributed by atoms with Crippen molar-refractivity contribution in [3.8, 4) is 6.07 Å². The normalized spacial score (nSPS) is 14.4. The van der Waals surface area contributed by atoms with Gasteiger partial charge in [-0.2, -0.15) is 5.26 Å². The first-order valence-electron chi connectivity index (χ1n) is 8.46. The molecule has 0 saturated heterocycles. The molecule has 1 aromatic carbocycles. The van der Waals surface area contributed by atoms with E-state index in [2.05, 4.69) is 11.4 Å². The number of nitriles is 1. The number of amides is 1. The monoisotopic (exact) mass is 354 g/mol. The molecule has 25 heavy (non-hydrogen) atoms. The van der Waals surface area contributed by atoms with Crippen LogP contribution in [-0.2, 0) is 17.6 Å². The quantitative estimate of drug-likeness (QED) is 0.782. The lowest BCUT2D eigenvalue weighted by atomic mass is 9.97. The summed E-state index contributed by atoms with van der Waals surface area (Å²) in [7, 11) is 0. The first-order chi connectivity index (χ1) is 12.2. The Labute approximate surface area is 150 Å². The molecule has 0 atom stereocenters. The average molecular weight is 354 g/mol. The summed E-state index contributed by atoms with van der Waals surface area (Å²) in [5.74, 6) is -0.591. The van der Waals surface area contributed by atoms with Crippen LogP contribution in [0.3, 0.4) is 0 Å². The Morgan fingerprint density at radius 2 is 1.88 bits per heavy atom. The second kappa shape index (κ2) is 8.09. The van der Waals surface area contributed by atoms with E-state index in [1.54, 1.807) is 18.2 Å². The van der Waals surface area contributed by atoms with Crippen LogP contribution < -0.4 is 5.32 Å². The summed E-state index contributed by atoms with van der Waals surface area (Å²) < 4.78 is 12.9. The molecule has 2 aromatic rings. The molecule has 0 aliphatic heterocycles. The van der Waals surface area contributed by atoms with Gasteiger partial charge in [0.2, 0.25) is 5.91 Å². The highest BCUT2D eigenvalue weighted by Crippen LogP contribution is 2.36. The highest BCUT2D eigenvalue weighted by Gasteiger charge is 2.19. The average Bonchev–Trinajstić information content (AvgIpc) is 2.90. The molecule has 0 spiro atoms. The van der Waals surface area contributed by atoms with Crippen LogP contribution in [0.5, 0.6) is 0 Å². The van der Waals surface area contributed by atoms with Crippen LogP contribution in [0.15, 0.2) is 30.3 Å². The Hall–Kier alpha value is -2.45. The number of fused-ring (bicyclic) bond motifs is 1. The summed E-state index contributed by atoms with van der Waals surface area (Å²) in [6, 6.07) is 8.19. The van der Waals surface area contributed by atoms with Gasteiger partial charge in [-0.05, 0) is 55.0 Å². The van der Waals surface area contributed by atoms with Crippen molar-refractivity contribution in [1.29, 1.82) is 5.26 Å². The van der Waals surface area contributed by atoms with Gasteiger partial charge in [-0.15, -0.1) is 11.3 Å². The summed E-state index contributed by atoms with van der Waals surface area (Å²) in [5.41, 5.74) is 2.48. The van der Waals surface area contributed by atoms with Crippen molar-refractivity contribution >= 4 is 28.3 Å². The molecule has 3 nitrogen and oxygen atoms in total. The molecule has 0 unspecified atom stereocenters. The Balaban J connectivity index is 1.75. The van der Waals surface area contributed by atoms with E-state index >= 15 is 0 Å². The van der Waals surface area contributed by atoms with Gasteiger partial charge in [0, 0.05) is 11.0 Å². The van der Waals surface area contributed by atoms with Crippen molar-refractivity contribution in [1.82, 2.24) is 0 Å². The van der Waals surface area contributed by atoms with Gasteiger partial charge in [-0.1, -0.05) is 25.0 Å². The van der Waals surface area contributed by atoms with Crippen molar-refractivity contribution in [2.24, 2.45) is 0 Å². The van der Waals surface area contributed by atoms with E-state index in [0.29, 0.717) is 10.6 Å². The van der Waals surface area contributed by atoms with Crippen molar-refractivity contribution in [3.05, 3.63) is 57.7 Å². The fourth-order valence-corrected chi connectivity index (χ4v) is 4.27. The third-order valence-electron chi connectivity index (χ3n) is 4.32. The molecule has 1 aromatic heterocycles. The van der Waals surface area contributed by atoms with Crippen LogP contribution >= 0.6 is 11.3 Å². The minimum atomic E-state index is -0.309. The number of nitrogens with one attached hydrogen (secondary N) is 1. The molecule has 1 aliphatic carbocycles. The van der Waals surface area contributed by atoms with Gasteiger partial charge in [0.15, 0.2) is 0 Å². The summed E-state index contributed by atoms with van der Waals surface area (Å²) >= 11 is 1.52. The molecule has 0 radical (unpaired) electrons. The van der Waals surface area contributed by atoms with Crippen LogP contribution in [0.4, 0.5) is 9.39 Å². The van der Waals surface area contributed by atoms with E-state index in [4.69, 9.17) is 0 Å². The summed E-state index contributed by atoms with van der Waals surface area (Å²) in [6.07, 6.45) is 9.58. The van der Waals surface area contributed by atoms with Gasteiger partial charge < -0.3 is 5.32 Å². The smallest absolute Gasteiger partial charge is 0.249 e. The van der Waals surface area contributed by atoms with Gasteiger partial charge in [0.05, 0.1) is 5.56 Å². The maximum atomic E-state index is 12.9. The predicted molar refractivity (Wildman–Crippen MR) is 99.0 cm³/mol. The Morgan fingerprint density at radius 3 is 2.60 bits per heavy atom. The molecule has 1 amide bonds. The van der Waals surface area contributed by atoms with Crippen molar-refractivity contribution < 1.29 is 9.18 Å². The lowest BCUT2D eigenvalue weighted by molar-refractivity contribution is -0.111. The fourth-order valence-electron chi connectivity index (χ4n) is 3.03. The van der Waals surface area contributed by atoms with E-state index < -0.39 is 0 Å². The molecule has 1 aliphatic rings. The number of rotatable bonds is 3. The zero-order chi connectivity index (χ0) is 17.6. The predicted octanol–water partition coefficient (Wildman–Crippen LogP) is 5.07. The van der Waals surface area contributed by atoms with Crippen LogP contribution in [0.2, 0.25) is 0 Å². The molecule has 3 rings (SSSR count). The zero-order valence-corrected chi connectivity index (χ0v) is 14.7. The third kappa shape index (κ3) is 4.34. The second-order valence-electron chi connectivity index (χ2n) is 6.11. The number of aryl methyl sites for hydroxylation is 1. The molecule has 0 fully saturated rings. The third-order valence-corrected chi connectivity index (χ3v) is 5.52. The highest BCUT2D eigenvalue weighted by molar-refractivity contribution is 7.16. The summed E-state index contributed by atoms with van der Waals surface area (Å²) in [6.45, 7) is 0. The van der Waals surface area contributed by atoms with Crippen molar-refractivity contribution in [3.63, 3.8) is 0 Å². The first kappa shape index (κ1) is 17.4. The lowest BCUT2D eigenvalue weighted by Gasteiger charge is -2.08. The van der Waals surface area contributed by atoms with E-state index in [-0.39, 0.29) is 11.7 Å².